The second-order valence-corrected chi connectivity index (χ2v) is 6.85. The zero-order valence-electron chi connectivity index (χ0n) is 13.3. The molecule has 3 nitrogen and oxygen atoms in total. The maximum Gasteiger partial charge on any atom is 0.253 e. The molecule has 0 aliphatic carbocycles. The van der Waals surface area contributed by atoms with E-state index in [0.29, 0.717) is 6.42 Å². The maximum absolute atomic E-state index is 12.2. The normalized spacial score (nSPS) is 21.6. The number of carbonyl (C=O) groups excluding carboxylic acids is 1. The Balaban J connectivity index is 1.56. The molecule has 4 rings (SSSR count). The number of nitrogens with zero attached hydrogens (tertiary/aromatic N) is 1. The standard InChI is InChI=1S/C20H20N2O/c1-20(12-21-13-20)17-8-6-14(7-9-17)10-16-11-15-4-2-3-5-18(15)22-19(16)23/h2-9,11,16,21H,10,12-13H2,1H3. The van der Waals surface area contributed by atoms with Gasteiger partial charge in [-0.05, 0) is 28.8 Å². The van der Waals surface area contributed by atoms with Crippen LogP contribution in [0.5, 0.6) is 0 Å². The van der Waals surface area contributed by atoms with E-state index in [2.05, 4.69) is 47.6 Å². The van der Waals surface area contributed by atoms with Gasteiger partial charge in [-0.25, -0.2) is 4.99 Å². The van der Waals surface area contributed by atoms with Crippen molar-refractivity contribution in [3.63, 3.8) is 0 Å². The lowest BCUT2D eigenvalue weighted by Gasteiger charge is -2.40. The fourth-order valence-corrected chi connectivity index (χ4v) is 3.37. The van der Waals surface area contributed by atoms with Crippen molar-refractivity contribution in [1.29, 1.82) is 0 Å². The Morgan fingerprint density at radius 3 is 2.57 bits per heavy atom. The van der Waals surface area contributed by atoms with Crippen LogP contribution in [-0.4, -0.2) is 19.0 Å². The predicted octanol–water partition coefficient (Wildman–Crippen LogP) is 1.35. The van der Waals surface area contributed by atoms with Crippen LogP contribution < -0.4 is 15.9 Å². The molecule has 1 saturated heterocycles. The Hall–Kier alpha value is -2.26. The summed E-state index contributed by atoms with van der Waals surface area (Å²) < 4.78 is 0. The molecule has 116 valence electrons. The predicted molar refractivity (Wildman–Crippen MR) is 90.6 cm³/mol. The van der Waals surface area contributed by atoms with E-state index in [1.807, 2.05) is 24.3 Å². The first kappa shape index (κ1) is 14.3. The van der Waals surface area contributed by atoms with E-state index in [-0.39, 0.29) is 17.2 Å². The summed E-state index contributed by atoms with van der Waals surface area (Å²) in [7, 11) is 0. The highest BCUT2D eigenvalue weighted by atomic mass is 16.1. The summed E-state index contributed by atoms with van der Waals surface area (Å²) in [6.45, 7) is 4.36. The molecule has 2 heterocycles. The minimum Gasteiger partial charge on any atom is -0.315 e. The van der Waals surface area contributed by atoms with Gasteiger partial charge in [-0.3, -0.25) is 4.79 Å². The molecule has 0 saturated carbocycles. The molecule has 2 aliphatic rings. The van der Waals surface area contributed by atoms with Crippen LogP contribution in [0.25, 0.3) is 6.08 Å². The van der Waals surface area contributed by atoms with E-state index in [0.717, 1.165) is 23.7 Å². The zero-order chi connectivity index (χ0) is 15.9. The van der Waals surface area contributed by atoms with Crippen LogP contribution in [0.2, 0.25) is 0 Å². The number of amides is 1. The average Bonchev–Trinajstić information content (AvgIpc) is 2.54. The van der Waals surface area contributed by atoms with Crippen LogP contribution in [0.1, 0.15) is 18.1 Å². The molecule has 0 radical (unpaired) electrons. The van der Waals surface area contributed by atoms with Crippen LogP contribution in [0, 0.1) is 5.92 Å². The van der Waals surface area contributed by atoms with E-state index in [1.54, 1.807) is 0 Å². The first-order chi connectivity index (χ1) is 11.1. The van der Waals surface area contributed by atoms with Crippen LogP contribution in [0.4, 0.5) is 0 Å². The lowest BCUT2D eigenvalue weighted by molar-refractivity contribution is -0.120. The second kappa shape index (κ2) is 5.43. The van der Waals surface area contributed by atoms with Crippen molar-refractivity contribution in [2.75, 3.05) is 13.1 Å². The quantitative estimate of drug-likeness (QED) is 0.930. The van der Waals surface area contributed by atoms with Crippen LogP contribution in [0.15, 0.2) is 53.5 Å². The number of benzene rings is 2. The molecular formula is C20H20N2O. The third-order valence-electron chi connectivity index (χ3n) is 5.00. The van der Waals surface area contributed by atoms with Crippen molar-refractivity contribution in [1.82, 2.24) is 5.32 Å². The van der Waals surface area contributed by atoms with Crippen molar-refractivity contribution < 1.29 is 4.79 Å². The molecule has 3 heteroatoms. The van der Waals surface area contributed by atoms with Gasteiger partial charge in [0.2, 0.25) is 0 Å². The first-order valence-corrected chi connectivity index (χ1v) is 8.14. The van der Waals surface area contributed by atoms with Crippen molar-refractivity contribution in [3.8, 4) is 0 Å². The SMILES string of the molecule is CC1(c2ccc(CC3C=c4ccccc4=NC3=O)cc2)CNC1. The summed E-state index contributed by atoms with van der Waals surface area (Å²) in [6.07, 6.45) is 2.77. The Morgan fingerprint density at radius 1 is 1.13 bits per heavy atom. The molecule has 2 aromatic rings. The van der Waals surface area contributed by atoms with Crippen LogP contribution in [-0.2, 0) is 16.6 Å². The number of rotatable bonds is 3. The van der Waals surface area contributed by atoms with E-state index in [9.17, 15) is 4.79 Å². The summed E-state index contributed by atoms with van der Waals surface area (Å²) in [6, 6.07) is 16.5. The van der Waals surface area contributed by atoms with Crippen molar-refractivity contribution in [2.45, 2.75) is 18.8 Å². The van der Waals surface area contributed by atoms with Crippen molar-refractivity contribution in [3.05, 3.63) is 70.2 Å². The van der Waals surface area contributed by atoms with Gasteiger partial charge in [0, 0.05) is 18.5 Å². The molecule has 23 heavy (non-hydrogen) atoms. The maximum atomic E-state index is 12.2. The van der Waals surface area contributed by atoms with Gasteiger partial charge in [0.1, 0.15) is 0 Å². The molecule has 2 aromatic carbocycles. The highest BCUT2D eigenvalue weighted by Crippen LogP contribution is 2.28. The van der Waals surface area contributed by atoms with Gasteiger partial charge in [0.25, 0.3) is 5.91 Å². The first-order valence-electron chi connectivity index (χ1n) is 8.14. The summed E-state index contributed by atoms with van der Waals surface area (Å²) in [5.41, 5.74) is 2.82. The van der Waals surface area contributed by atoms with Gasteiger partial charge in [-0.1, -0.05) is 55.5 Å². The third-order valence-corrected chi connectivity index (χ3v) is 5.00. The van der Waals surface area contributed by atoms with Gasteiger partial charge in [-0.2, -0.15) is 0 Å². The summed E-state index contributed by atoms with van der Waals surface area (Å²) in [5.74, 6) is -0.195. The summed E-state index contributed by atoms with van der Waals surface area (Å²) in [4.78, 5) is 16.5. The Morgan fingerprint density at radius 2 is 1.87 bits per heavy atom. The molecule has 1 N–H and O–H groups in total. The molecule has 1 atom stereocenters. The third kappa shape index (κ3) is 2.62. The highest BCUT2D eigenvalue weighted by molar-refractivity contribution is 5.86. The lowest BCUT2D eigenvalue weighted by atomic mass is 9.77. The molecule has 0 spiro atoms. The number of hydrogen-bond acceptors (Lipinski definition) is 2. The average molecular weight is 304 g/mol. The molecule has 2 aliphatic heterocycles. The van der Waals surface area contributed by atoms with Crippen LogP contribution >= 0.6 is 0 Å². The number of fused-ring (bicyclic) bond motifs is 1. The monoisotopic (exact) mass is 304 g/mol. The van der Waals surface area contributed by atoms with E-state index in [4.69, 9.17) is 0 Å². The topological polar surface area (TPSA) is 41.5 Å². The van der Waals surface area contributed by atoms with Gasteiger partial charge in [-0.15, -0.1) is 0 Å². The number of para-hydroxylation sites is 1. The van der Waals surface area contributed by atoms with Crippen molar-refractivity contribution >= 4 is 12.0 Å². The van der Waals surface area contributed by atoms with Crippen molar-refractivity contribution in [2.24, 2.45) is 10.9 Å². The number of hydrogen-bond donors (Lipinski definition) is 1. The molecule has 1 amide bonds. The van der Waals surface area contributed by atoms with Crippen LogP contribution in [0.3, 0.4) is 0 Å². The molecule has 0 bridgehead atoms. The Kier molecular flexibility index (Phi) is 3.38. The van der Waals surface area contributed by atoms with Gasteiger partial charge in [0.15, 0.2) is 0 Å². The fraction of sp³-hybridized carbons (Fsp3) is 0.300. The minimum atomic E-state index is -0.156. The molecular weight excluding hydrogens is 284 g/mol. The smallest absolute Gasteiger partial charge is 0.253 e. The molecule has 1 fully saturated rings. The molecule has 1 unspecified atom stereocenters. The zero-order valence-corrected chi connectivity index (χ0v) is 13.3. The Labute approximate surface area is 135 Å². The van der Waals surface area contributed by atoms with E-state index in [1.165, 1.54) is 11.1 Å². The van der Waals surface area contributed by atoms with E-state index < -0.39 is 0 Å². The highest BCUT2D eigenvalue weighted by Gasteiger charge is 2.33. The number of carbonyl (C=O) groups is 1. The summed E-state index contributed by atoms with van der Waals surface area (Å²) in [5, 5.41) is 5.18. The lowest BCUT2D eigenvalue weighted by Crippen LogP contribution is -2.54. The molecule has 0 aromatic heterocycles. The summed E-state index contributed by atoms with van der Waals surface area (Å²) >= 11 is 0. The minimum absolute atomic E-state index is 0.0390. The Bertz CT molecular complexity index is 863. The van der Waals surface area contributed by atoms with Gasteiger partial charge < -0.3 is 5.32 Å². The number of nitrogens with one attached hydrogen (secondary N) is 1. The van der Waals surface area contributed by atoms with E-state index >= 15 is 0 Å². The largest absolute Gasteiger partial charge is 0.315 e. The van der Waals surface area contributed by atoms with Gasteiger partial charge >= 0.3 is 0 Å². The van der Waals surface area contributed by atoms with Gasteiger partial charge in [0.05, 0.1) is 11.3 Å². The second-order valence-electron chi connectivity index (χ2n) is 6.85. The fourth-order valence-electron chi connectivity index (χ4n) is 3.37.